The largest absolute Gasteiger partial charge is 0.396 e. The highest BCUT2D eigenvalue weighted by atomic mass is 32.1. The van der Waals surface area contributed by atoms with Crippen molar-refractivity contribution in [2.45, 2.75) is 38.3 Å². The van der Waals surface area contributed by atoms with Gasteiger partial charge in [-0.25, -0.2) is 0 Å². The molecule has 1 aliphatic rings. The summed E-state index contributed by atoms with van der Waals surface area (Å²) in [5.74, 6) is 0.451. The topological polar surface area (TPSA) is 45.1 Å². The number of thiazole rings is 1. The lowest BCUT2D eigenvalue weighted by Gasteiger charge is -2.30. The van der Waals surface area contributed by atoms with Crippen LogP contribution in [0, 0.1) is 5.92 Å². The first-order valence-corrected chi connectivity index (χ1v) is 6.49. The predicted octanol–water partition coefficient (Wildman–Crippen LogP) is 1.78. The molecule has 0 radical (unpaired) electrons. The predicted molar refractivity (Wildman–Crippen MR) is 61.8 cm³/mol. The van der Waals surface area contributed by atoms with Crippen molar-refractivity contribution in [3.63, 3.8) is 0 Å². The van der Waals surface area contributed by atoms with E-state index in [1.165, 1.54) is 24.1 Å². The van der Waals surface area contributed by atoms with E-state index in [4.69, 9.17) is 0 Å². The Morgan fingerprint density at radius 1 is 1.47 bits per heavy atom. The Morgan fingerprint density at radius 3 is 3.07 bits per heavy atom. The Morgan fingerprint density at radius 2 is 2.33 bits per heavy atom. The molecule has 2 unspecified atom stereocenters. The molecule has 0 saturated heterocycles. The smallest absolute Gasteiger partial charge is 0.0794 e. The normalized spacial score (nSPS) is 26.7. The lowest BCUT2D eigenvalue weighted by Crippen LogP contribution is -2.39. The molecular weight excluding hydrogens is 208 g/mol. The van der Waals surface area contributed by atoms with Gasteiger partial charge in [-0.15, -0.1) is 11.3 Å². The van der Waals surface area contributed by atoms with E-state index in [9.17, 15) is 5.11 Å². The van der Waals surface area contributed by atoms with Crippen molar-refractivity contribution in [1.82, 2.24) is 10.3 Å². The van der Waals surface area contributed by atoms with Crippen LogP contribution in [0.4, 0.5) is 0 Å². The van der Waals surface area contributed by atoms with Gasteiger partial charge in [-0.1, -0.05) is 12.8 Å². The van der Waals surface area contributed by atoms with Crippen LogP contribution in [0.25, 0.3) is 0 Å². The van der Waals surface area contributed by atoms with E-state index < -0.39 is 0 Å². The van der Waals surface area contributed by atoms with E-state index in [-0.39, 0.29) is 0 Å². The van der Waals surface area contributed by atoms with Crippen molar-refractivity contribution < 1.29 is 5.11 Å². The number of aromatic nitrogens is 1. The van der Waals surface area contributed by atoms with E-state index in [0.29, 0.717) is 18.6 Å². The second kappa shape index (κ2) is 5.58. The van der Waals surface area contributed by atoms with Gasteiger partial charge < -0.3 is 10.4 Å². The third-order valence-corrected chi connectivity index (χ3v) is 3.95. The highest BCUT2D eigenvalue weighted by Gasteiger charge is 2.23. The first-order valence-electron chi connectivity index (χ1n) is 5.61. The van der Waals surface area contributed by atoms with Gasteiger partial charge in [0, 0.05) is 30.3 Å². The van der Waals surface area contributed by atoms with Crippen LogP contribution in [0.1, 0.15) is 30.6 Å². The van der Waals surface area contributed by atoms with Crippen LogP contribution in [0.5, 0.6) is 0 Å². The molecule has 1 fully saturated rings. The summed E-state index contributed by atoms with van der Waals surface area (Å²) in [6.45, 7) is 1.21. The SMILES string of the molecule is OCC1CCCCC1NCc1cncs1. The summed E-state index contributed by atoms with van der Waals surface area (Å²) in [6, 6.07) is 0.492. The van der Waals surface area contributed by atoms with Crippen molar-refractivity contribution in [1.29, 1.82) is 0 Å². The van der Waals surface area contributed by atoms with Gasteiger partial charge in [0.2, 0.25) is 0 Å². The van der Waals surface area contributed by atoms with Gasteiger partial charge >= 0.3 is 0 Å². The molecule has 0 spiro atoms. The zero-order valence-corrected chi connectivity index (χ0v) is 9.67. The highest BCUT2D eigenvalue weighted by Crippen LogP contribution is 2.24. The zero-order valence-electron chi connectivity index (χ0n) is 8.85. The van der Waals surface area contributed by atoms with Gasteiger partial charge in [-0.05, 0) is 18.8 Å². The van der Waals surface area contributed by atoms with Gasteiger partial charge in [-0.3, -0.25) is 4.98 Å². The Bertz CT molecular complexity index is 276. The summed E-state index contributed by atoms with van der Waals surface area (Å²) in [7, 11) is 0. The standard InChI is InChI=1S/C11H18N2OS/c14-7-9-3-1-2-4-11(9)13-6-10-5-12-8-15-10/h5,8-9,11,13-14H,1-4,6-7H2. The minimum absolute atomic E-state index is 0.320. The summed E-state index contributed by atoms with van der Waals surface area (Å²) < 4.78 is 0. The number of rotatable bonds is 4. The van der Waals surface area contributed by atoms with Crippen molar-refractivity contribution in [3.05, 3.63) is 16.6 Å². The Kier molecular flexibility index (Phi) is 4.11. The van der Waals surface area contributed by atoms with Crippen LogP contribution in [0.15, 0.2) is 11.7 Å². The van der Waals surface area contributed by atoms with Crippen LogP contribution >= 0.6 is 11.3 Å². The first-order chi connectivity index (χ1) is 7.40. The summed E-state index contributed by atoms with van der Waals surface area (Å²) in [5, 5.41) is 12.8. The molecule has 0 amide bonds. The molecule has 1 saturated carbocycles. The molecular formula is C11H18N2OS. The van der Waals surface area contributed by atoms with E-state index in [2.05, 4.69) is 10.3 Å². The molecule has 1 aliphatic carbocycles. The average Bonchev–Trinajstić information content (AvgIpc) is 2.79. The van der Waals surface area contributed by atoms with Crippen molar-refractivity contribution in [2.75, 3.05) is 6.61 Å². The maximum absolute atomic E-state index is 9.27. The third kappa shape index (κ3) is 3.00. The van der Waals surface area contributed by atoms with Crippen molar-refractivity contribution >= 4 is 11.3 Å². The van der Waals surface area contributed by atoms with E-state index >= 15 is 0 Å². The molecule has 4 heteroatoms. The number of hydrogen-bond acceptors (Lipinski definition) is 4. The molecule has 1 aromatic rings. The lowest BCUT2D eigenvalue weighted by molar-refractivity contribution is 0.152. The maximum atomic E-state index is 9.27. The summed E-state index contributed by atoms with van der Waals surface area (Å²) in [5.41, 5.74) is 1.86. The minimum Gasteiger partial charge on any atom is -0.396 e. The number of nitrogens with zero attached hydrogens (tertiary/aromatic N) is 1. The van der Waals surface area contributed by atoms with Crippen molar-refractivity contribution in [2.24, 2.45) is 5.92 Å². The molecule has 1 heterocycles. The number of aliphatic hydroxyl groups is 1. The van der Waals surface area contributed by atoms with E-state index in [1.54, 1.807) is 11.3 Å². The Hall–Kier alpha value is -0.450. The van der Waals surface area contributed by atoms with E-state index in [1.807, 2.05) is 11.7 Å². The van der Waals surface area contributed by atoms with Crippen LogP contribution < -0.4 is 5.32 Å². The number of aliphatic hydroxyl groups excluding tert-OH is 1. The summed E-state index contributed by atoms with van der Waals surface area (Å²) >= 11 is 1.68. The summed E-state index contributed by atoms with van der Waals surface area (Å²) in [6.07, 6.45) is 6.83. The van der Waals surface area contributed by atoms with E-state index in [0.717, 1.165) is 13.0 Å². The quantitative estimate of drug-likeness (QED) is 0.822. The molecule has 0 bridgehead atoms. The zero-order chi connectivity index (χ0) is 10.5. The van der Waals surface area contributed by atoms with Crippen LogP contribution in [0.2, 0.25) is 0 Å². The maximum Gasteiger partial charge on any atom is 0.0794 e. The fourth-order valence-electron chi connectivity index (χ4n) is 2.26. The Labute approximate surface area is 94.5 Å². The van der Waals surface area contributed by atoms with Gasteiger partial charge in [-0.2, -0.15) is 0 Å². The molecule has 2 N–H and O–H groups in total. The van der Waals surface area contributed by atoms with Crippen molar-refractivity contribution in [3.8, 4) is 0 Å². The molecule has 0 aromatic carbocycles. The fourth-order valence-corrected chi connectivity index (χ4v) is 2.80. The van der Waals surface area contributed by atoms with Gasteiger partial charge in [0.05, 0.1) is 5.51 Å². The molecule has 15 heavy (non-hydrogen) atoms. The third-order valence-electron chi connectivity index (χ3n) is 3.17. The lowest BCUT2D eigenvalue weighted by atomic mass is 9.85. The van der Waals surface area contributed by atoms with Gasteiger partial charge in [0.1, 0.15) is 0 Å². The van der Waals surface area contributed by atoms with Gasteiger partial charge in [0.15, 0.2) is 0 Å². The first kappa shape index (κ1) is 11.0. The highest BCUT2D eigenvalue weighted by molar-refractivity contribution is 7.09. The molecule has 2 rings (SSSR count). The minimum atomic E-state index is 0.320. The number of nitrogens with one attached hydrogen (secondary N) is 1. The van der Waals surface area contributed by atoms with Crippen LogP contribution in [0.3, 0.4) is 0 Å². The van der Waals surface area contributed by atoms with Crippen LogP contribution in [-0.2, 0) is 6.54 Å². The fraction of sp³-hybridized carbons (Fsp3) is 0.727. The molecule has 3 nitrogen and oxygen atoms in total. The average molecular weight is 226 g/mol. The molecule has 0 aliphatic heterocycles. The molecule has 2 atom stereocenters. The summed E-state index contributed by atoms with van der Waals surface area (Å²) in [4.78, 5) is 5.33. The second-order valence-electron chi connectivity index (χ2n) is 4.18. The molecule has 1 aromatic heterocycles. The number of hydrogen-bond donors (Lipinski definition) is 2. The van der Waals surface area contributed by atoms with Crippen LogP contribution in [-0.4, -0.2) is 22.7 Å². The monoisotopic (exact) mass is 226 g/mol. The van der Waals surface area contributed by atoms with Gasteiger partial charge in [0.25, 0.3) is 0 Å². The Balaban J connectivity index is 1.81. The molecule has 84 valence electrons. The second-order valence-corrected chi connectivity index (χ2v) is 5.15.